The number of aryl methyl sites for hydroxylation is 1. The molecule has 2 rings (SSSR count). The second kappa shape index (κ2) is 5.16. The first-order valence-corrected chi connectivity index (χ1v) is 6.45. The Morgan fingerprint density at radius 3 is 2.39 bits per heavy atom. The van der Waals surface area contributed by atoms with E-state index in [1.165, 1.54) is 11.3 Å². The Kier molecular flexibility index (Phi) is 3.78. The molecule has 1 heterocycles. The minimum Gasteiger partial charge on any atom is -0.293 e. The molecule has 5 heteroatoms. The van der Waals surface area contributed by atoms with Crippen LogP contribution in [0.2, 0.25) is 5.02 Å². The van der Waals surface area contributed by atoms with Gasteiger partial charge in [-0.05, 0) is 35.6 Å². The lowest BCUT2D eigenvalue weighted by Gasteiger charge is -2.01. The van der Waals surface area contributed by atoms with E-state index in [-0.39, 0.29) is 12.2 Å². The quantitative estimate of drug-likeness (QED) is 0.764. The molecule has 1 aromatic heterocycles. The van der Waals surface area contributed by atoms with Crippen molar-refractivity contribution in [2.45, 2.75) is 13.3 Å². The van der Waals surface area contributed by atoms with Crippen LogP contribution in [0, 0.1) is 18.6 Å². The maximum Gasteiger partial charge on any atom is 0.178 e. The van der Waals surface area contributed by atoms with Gasteiger partial charge in [0.05, 0.1) is 9.90 Å². The second-order valence-electron chi connectivity index (χ2n) is 3.94. The zero-order valence-electron chi connectivity index (χ0n) is 9.47. The fourth-order valence-electron chi connectivity index (χ4n) is 1.60. The summed E-state index contributed by atoms with van der Waals surface area (Å²) in [5.41, 5.74) is 1.13. The molecule has 0 unspecified atom stereocenters. The van der Waals surface area contributed by atoms with Gasteiger partial charge in [-0.3, -0.25) is 4.79 Å². The summed E-state index contributed by atoms with van der Waals surface area (Å²) in [5.74, 6) is -1.61. The summed E-state index contributed by atoms with van der Waals surface area (Å²) in [6.07, 6.45) is -0.0612. The summed E-state index contributed by atoms with van der Waals surface area (Å²) >= 11 is 7.22. The highest BCUT2D eigenvalue weighted by atomic mass is 35.5. The van der Waals surface area contributed by atoms with E-state index >= 15 is 0 Å². The molecule has 0 atom stereocenters. The predicted molar refractivity (Wildman–Crippen MR) is 68.5 cm³/mol. The van der Waals surface area contributed by atoms with E-state index in [1.54, 1.807) is 12.3 Å². The van der Waals surface area contributed by atoms with Gasteiger partial charge in [0.1, 0.15) is 11.6 Å². The summed E-state index contributed by atoms with van der Waals surface area (Å²) in [7, 11) is 0. The van der Waals surface area contributed by atoms with Crippen molar-refractivity contribution >= 4 is 28.7 Å². The topological polar surface area (TPSA) is 17.1 Å². The standard InChI is InChI=1S/C13H9ClF2OS/c1-7-6-18-13(12(7)14)11(17)4-8-2-9(15)5-10(16)3-8/h2-3,5-6H,4H2,1H3. The van der Waals surface area contributed by atoms with Crippen molar-refractivity contribution in [3.8, 4) is 0 Å². The number of Topliss-reactive ketones (excluding diaryl/α,β-unsaturated/α-hetero) is 1. The smallest absolute Gasteiger partial charge is 0.178 e. The molecule has 94 valence electrons. The predicted octanol–water partition coefficient (Wildman–Crippen LogP) is 4.41. The molecule has 2 aromatic rings. The average Bonchev–Trinajstić information content (AvgIpc) is 2.58. The zero-order valence-corrected chi connectivity index (χ0v) is 11.0. The van der Waals surface area contributed by atoms with E-state index in [1.807, 2.05) is 0 Å². The highest BCUT2D eigenvalue weighted by Crippen LogP contribution is 2.28. The summed E-state index contributed by atoms with van der Waals surface area (Å²) in [5, 5.41) is 2.20. The van der Waals surface area contributed by atoms with Gasteiger partial charge in [0.25, 0.3) is 0 Å². The Hall–Kier alpha value is -1.26. The summed E-state index contributed by atoms with van der Waals surface area (Å²) in [6.45, 7) is 1.80. The third-order valence-corrected chi connectivity index (χ3v) is 4.18. The Morgan fingerprint density at radius 1 is 1.28 bits per heavy atom. The van der Waals surface area contributed by atoms with Gasteiger partial charge in [0, 0.05) is 12.5 Å². The van der Waals surface area contributed by atoms with Gasteiger partial charge in [-0.25, -0.2) is 8.78 Å². The van der Waals surface area contributed by atoms with E-state index in [4.69, 9.17) is 11.6 Å². The van der Waals surface area contributed by atoms with Crippen LogP contribution in [0.5, 0.6) is 0 Å². The van der Waals surface area contributed by atoms with Gasteiger partial charge in [0.2, 0.25) is 0 Å². The van der Waals surface area contributed by atoms with Crippen molar-refractivity contribution < 1.29 is 13.6 Å². The number of ketones is 1. The van der Waals surface area contributed by atoms with Crippen LogP contribution < -0.4 is 0 Å². The van der Waals surface area contributed by atoms with Crippen molar-refractivity contribution in [2.75, 3.05) is 0 Å². The van der Waals surface area contributed by atoms with Crippen LogP contribution >= 0.6 is 22.9 Å². The Balaban J connectivity index is 2.24. The van der Waals surface area contributed by atoms with Crippen LogP contribution in [0.4, 0.5) is 8.78 Å². The van der Waals surface area contributed by atoms with Gasteiger partial charge in [-0.1, -0.05) is 11.6 Å². The molecule has 0 aliphatic carbocycles. The Labute approximate surface area is 112 Å². The number of hydrogen-bond acceptors (Lipinski definition) is 2. The van der Waals surface area contributed by atoms with Crippen molar-refractivity contribution in [2.24, 2.45) is 0 Å². The van der Waals surface area contributed by atoms with E-state index in [0.717, 1.165) is 23.8 Å². The molecule has 0 aliphatic rings. The number of hydrogen-bond donors (Lipinski definition) is 0. The lowest BCUT2D eigenvalue weighted by Crippen LogP contribution is -2.03. The first-order valence-electron chi connectivity index (χ1n) is 5.19. The molecule has 0 saturated carbocycles. The molecule has 0 aliphatic heterocycles. The molecule has 1 aromatic carbocycles. The van der Waals surface area contributed by atoms with Gasteiger partial charge < -0.3 is 0 Å². The number of rotatable bonds is 3. The van der Waals surface area contributed by atoms with Gasteiger partial charge in [0.15, 0.2) is 5.78 Å². The molecule has 1 nitrogen and oxygen atoms in total. The average molecular weight is 287 g/mol. The molecule has 0 N–H and O–H groups in total. The molecule has 0 amide bonds. The number of carbonyl (C=O) groups excluding carboxylic acids is 1. The van der Waals surface area contributed by atoms with E-state index < -0.39 is 11.6 Å². The number of benzene rings is 1. The number of thiophene rings is 1. The molecule has 0 saturated heterocycles. The number of halogens is 3. The zero-order chi connectivity index (χ0) is 13.3. The van der Waals surface area contributed by atoms with E-state index in [2.05, 4.69) is 0 Å². The van der Waals surface area contributed by atoms with Crippen molar-refractivity contribution in [3.63, 3.8) is 0 Å². The molecule has 0 spiro atoms. The third-order valence-electron chi connectivity index (χ3n) is 2.44. The fraction of sp³-hybridized carbons (Fsp3) is 0.154. The number of carbonyl (C=O) groups is 1. The monoisotopic (exact) mass is 286 g/mol. The fourth-order valence-corrected chi connectivity index (χ4v) is 2.84. The third kappa shape index (κ3) is 2.76. The summed E-state index contributed by atoms with van der Waals surface area (Å²) < 4.78 is 26.0. The maximum absolute atomic E-state index is 13.0. The first-order chi connectivity index (χ1) is 8.47. The molecular formula is C13H9ClF2OS. The molecule has 0 fully saturated rings. The van der Waals surface area contributed by atoms with Crippen LogP contribution in [0.25, 0.3) is 0 Å². The van der Waals surface area contributed by atoms with Crippen LogP contribution in [-0.4, -0.2) is 5.78 Å². The van der Waals surface area contributed by atoms with Gasteiger partial charge in [-0.15, -0.1) is 11.3 Å². The largest absolute Gasteiger partial charge is 0.293 e. The van der Waals surface area contributed by atoms with Crippen LogP contribution in [-0.2, 0) is 6.42 Å². The Bertz CT molecular complexity index is 587. The molecule has 0 radical (unpaired) electrons. The van der Waals surface area contributed by atoms with Crippen LogP contribution in [0.1, 0.15) is 20.8 Å². The SMILES string of the molecule is Cc1csc(C(=O)Cc2cc(F)cc(F)c2)c1Cl. The molecular weight excluding hydrogens is 278 g/mol. The van der Waals surface area contributed by atoms with Crippen LogP contribution in [0.15, 0.2) is 23.6 Å². The minimum absolute atomic E-state index is 0.0612. The van der Waals surface area contributed by atoms with Crippen LogP contribution in [0.3, 0.4) is 0 Å². The maximum atomic E-state index is 13.0. The van der Waals surface area contributed by atoms with Crippen molar-refractivity contribution in [1.29, 1.82) is 0 Å². The summed E-state index contributed by atoms with van der Waals surface area (Å²) in [6, 6.07) is 3.07. The highest BCUT2D eigenvalue weighted by Gasteiger charge is 2.15. The first kappa shape index (κ1) is 13.2. The Morgan fingerprint density at radius 2 is 1.89 bits per heavy atom. The summed E-state index contributed by atoms with van der Waals surface area (Å²) in [4.78, 5) is 12.4. The van der Waals surface area contributed by atoms with Gasteiger partial charge >= 0.3 is 0 Å². The second-order valence-corrected chi connectivity index (χ2v) is 5.20. The minimum atomic E-state index is -0.689. The van der Waals surface area contributed by atoms with E-state index in [9.17, 15) is 13.6 Å². The molecule has 0 bridgehead atoms. The van der Waals surface area contributed by atoms with Crippen molar-refractivity contribution in [3.05, 3.63) is 56.2 Å². The lowest BCUT2D eigenvalue weighted by atomic mass is 10.1. The molecule has 18 heavy (non-hydrogen) atoms. The highest BCUT2D eigenvalue weighted by molar-refractivity contribution is 7.13. The lowest BCUT2D eigenvalue weighted by molar-refractivity contribution is 0.0997. The van der Waals surface area contributed by atoms with Gasteiger partial charge in [-0.2, -0.15) is 0 Å². The normalized spacial score (nSPS) is 10.7. The van der Waals surface area contributed by atoms with E-state index in [0.29, 0.717) is 15.5 Å². The van der Waals surface area contributed by atoms with Crippen molar-refractivity contribution in [1.82, 2.24) is 0 Å².